The van der Waals surface area contributed by atoms with Crippen molar-refractivity contribution in [3.63, 3.8) is 0 Å². The number of rotatable bonds is 6. The highest BCUT2D eigenvalue weighted by molar-refractivity contribution is 9.10. The van der Waals surface area contributed by atoms with Gasteiger partial charge in [-0.15, -0.1) is 12.4 Å². The van der Waals surface area contributed by atoms with E-state index in [0.29, 0.717) is 30.4 Å². The van der Waals surface area contributed by atoms with Gasteiger partial charge in [0.05, 0.1) is 13.1 Å². The molecule has 2 N–H and O–H groups in total. The zero-order chi connectivity index (χ0) is 15.4. The van der Waals surface area contributed by atoms with Crippen LogP contribution in [0.1, 0.15) is 31.1 Å². The highest BCUT2D eigenvalue weighted by atomic mass is 79.9. The Morgan fingerprint density at radius 1 is 1.36 bits per heavy atom. The molecular formula is C14H19BrClFN4O. The number of nitrogens with two attached hydrogens (primary N) is 1. The van der Waals surface area contributed by atoms with Crippen LogP contribution in [0.2, 0.25) is 0 Å². The molecule has 0 unspecified atom stereocenters. The fourth-order valence-electron chi connectivity index (χ4n) is 1.92. The van der Waals surface area contributed by atoms with E-state index in [4.69, 9.17) is 10.3 Å². The Labute approximate surface area is 143 Å². The number of nitrogens with zero attached hydrogens (tertiary/aromatic N) is 3. The molecule has 5 nitrogen and oxygen atoms in total. The summed E-state index contributed by atoms with van der Waals surface area (Å²) in [6.07, 6.45) is 0. The van der Waals surface area contributed by atoms with E-state index in [-0.39, 0.29) is 30.8 Å². The van der Waals surface area contributed by atoms with Crippen LogP contribution in [0.3, 0.4) is 0 Å². The maximum Gasteiger partial charge on any atom is 0.240 e. The minimum Gasteiger partial charge on any atom is -0.338 e. The summed E-state index contributed by atoms with van der Waals surface area (Å²) >= 11 is 3.36. The van der Waals surface area contributed by atoms with Crippen LogP contribution in [0.4, 0.5) is 4.39 Å². The average Bonchev–Trinajstić information content (AvgIpc) is 2.89. The SMILES string of the molecule is CC(C)N(Cc1noc(CN)n1)Cc1cc(Br)ccc1F.Cl. The molecular weight excluding hydrogens is 375 g/mol. The fourth-order valence-corrected chi connectivity index (χ4v) is 2.33. The van der Waals surface area contributed by atoms with Crippen LogP contribution in [0.25, 0.3) is 0 Å². The molecule has 2 rings (SSSR count). The molecule has 0 aliphatic carbocycles. The molecule has 2 aromatic rings. The van der Waals surface area contributed by atoms with Gasteiger partial charge in [-0.05, 0) is 32.0 Å². The van der Waals surface area contributed by atoms with Crippen LogP contribution in [0, 0.1) is 5.82 Å². The number of hydrogen-bond acceptors (Lipinski definition) is 5. The van der Waals surface area contributed by atoms with Gasteiger partial charge in [0.2, 0.25) is 5.89 Å². The van der Waals surface area contributed by atoms with E-state index in [1.165, 1.54) is 6.07 Å². The second-order valence-corrected chi connectivity index (χ2v) is 5.96. The first-order valence-electron chi connectivity index (χ1n) is 6.69. The molecule has 0 fully saturated rings. The molecule has 0 spiro atoms. The van der Waals surface area contributed by atoms with E-state index >= 15 is 0 Å². The molecule has 1 aromatic carbocycles. The summed E-state index contributed by atoms with van der Waals surface area (Å²) in [5, 5.41) is 3.88. The van der Waals surface area contributed by atoms with Crippen molar-refractivity contribution in [1.82, 2.24) is 15.0 Å². The predicted molar refractivity (Wildman–Crippen MR) is 87.9 cm³/mol. The first-order valence-corrected chi connectivity index (χ1v) is 7.48. The second-order valence-electron chi connectivity index (χ2n) is 5.04. The lowest BCUT2D eigenvalue weighted by atomic mass is 10.1. The van der Waals surface area contributed by atoms with E-state index in [9.17, 15) is 4.39 Å². The van der Waals surface area contributed by atoms with Crippen molar-refractivity contribution >= 4 is 28.3 Å². The summed E-state index contributed by atoms with van der Waals surface area (Å²) < 4.78 is 19.7. The van der Waals surface area contributed by atoms with E-state index in [1.807, 2.05) is 13.8 Å². The average molecular weight is 394 g/mol. The zero-order valence-electron chi connectivity index (χ0n) is 12.4. The van der Waals surface area contributed by atoms with Gasteiger partial charge in [0.1, 0.15) is 5.82 Å². The monoisotopic (exact) mass is 392 g/mol. The highest BCUT2D eigenvalue weighted by Crippen LogP contribution is 2.19. The molecule has 1 heterocycles. The Bertz CT molecular complexity index is 608. The molecule has 22 heavy (non-hydrogen) atoms. The maximum absolute atomic E-state index is 13.9. The molecule has 0 bridgehead atoms. The molecule has 0 saturated carbocycles. The highest BCUT2D eigenvalue weighted by Gasteiger charge is 2.16. The summed E-state index contributed by atoms with van der Waals surface area (Å²) in [6, 6.07) is 5.14. The van der Waals surface area contributed by atoms with Gasteiger partial charge in [0, 0.05) is 22.6 Å². The Morgan fingerprint density at radius 2 is 2.09 bits per heavy atom. The van der Waals surface area contributed by atoms with Crippen LogP contribution in [-0.2, 0) is 19.6 Å². The minimum absolute atomic E-state index is 0. The van der Waals surface area contributed by atoms with Gasteiger partial charge >= 0.3 is 0 Å². The van der Waals surface area contributed by atoms with Crippen LogP contribution in [0.5, 0.6) is 0 Å². The zero-order valence-corrected chi connectivity index (χ0v) is 14.8. The molecule has 8 heteroatoms. The minimum atomic E-state index is -0.223. The van der Waals surface area contributed by atoms with Crippen molar-refractivity contribution in [3.05, 3.63) is 45.8 Å². The summed E-state index contributed by atoms with van der Waals surface area (Å²) in [7, 11) is 0. The molecule has 0 saturated heterocycles. The van der Waals surface area contributed by atoms with Crippen LogP contribution >= 0.6 is 28.3 Å². The molecule has 0 amide bonds. The van der Waals surface area contributed by atoms with Crippen molar-refractivity contribution in [2.24, 2.45) is 5.73 Å². The summed E-state index contributed by atoms with van der Waals surface area (Å²) in [6.45, 7) is 5.25. The topological polar surface area (TPSA) is 68.2 Å². The fraction of sp³-hybridized carbons (Fsp3) is 0.429. The standard InChI is InChI=1S/C14H18BrFN4O.ClH/c1-9(2)20(8-13-18-14(6-17)21-19-13)7-10-5-11(15)3-4-12(10)16;/h3-5,9H,6-8,17H2,1-2H3;1H. The summed E-state index contributed by atoms with van der Waals surface area (Å²) in [5.74, 6) is 0.738. The largest absolute Gasteiger partial charge is 0.338 e. The third-order valence-electron chi connectivity index (χ3n) is 3.14. The summed E-state index contributed by atoms with van der Waals surface area (Å²) in [4.78, 5) is 6.25. The number of benzene rings is 1. The molecule has 0 aliphatic rings. The van der Waals surface area contributed by atoms with Crippen LogP contribution in [0.15, 0.2) is 27.2 Å². The Hall–Kier alpha value is -1.02. The van der Waals surface area contributed by atoms with Gasteiger partial charge in [0.15, 0.2) is 5.82 Å². The van der Waals surface area contributed by atoms with Crippen molar-refractivity contribution in [2.45, 2.75) is 39.5 Å². The maximum atomic E-state index is 13.9. The van der Waals surface area contributed by atoms with Crippen LogP contribution < -0.4 is 5.73 Å². The first-order chi connectivity index (χ1) is 9.99. The Morgan fingerprint density at radius 3 is 2.68 bits per heavy atom. The van der Waals surface area contributed by atoms with E-state index in [2.05, 4.69) is 31.0 Å². The lowest BCUT2D eigenvalue weighted by molar-refractivity contribution is 0.193. The molecule has 0 aliphatic heterocycles. The Balaban J connectivity index is 0.00000242. The van der Waals surface area contributed by atoms with E-state index in [1.54, 1.807) is 12.1 Å². The number of halogens is 3. The third-order valence-corrected chi connectivity index (χ3v) is 3.63. The van der Waals surface area contributed by atoms with Crippen molar-refractivity contribution in [3.8, 4) is 0 Å². The third kappa shape index (κ3) is 5.01. The summed E-state index contributed by atoms with van der Waals surface area (Å²) in [5.41, 5.74) is 6.07. The lowest BCUT2D eigenvalue weighted by Gasteiger charge is -2.25. The van der Waals surface area contributed by atoms with Crippen LogP contribution in [-0.4, -0.2) is 21.1 Å². The molecule has 1 aromatic heterocycles. The van der Waals surface area contributed by atoms with Gasteiger partial charge in [-0.25, -0.2) is 4.39 Å². The van der Waals surface area contributed by atoms with Gasteiger partial charge in [-0.2, -0.15) is 4.98 Å². The van der Waals surface area contributed by atoms with Gasteiger partial charge in [0.25, 0.3) is 0 Å². The molecule has 0 radical (unpaired) electrons. The Kier molecular flexibility index (Phi) is 7.41. The predicted octanol–water partition coefficient (Wildman–Crippen LogP) is 3.26. The van der Waals surface area contributed by atoms with E-state index < -0.39 is 0 Å². The van der Waals surface area contributed by atoms with Crippen molar-refractivity contribution in [1.29, 1.82) is 0 Å². The smallest absolute Gasteiger partial charge is 0.240 e. The van der Waals surface area contributed by atoms with Crippen molar-refractivity contribution < 1.29 is 8.91 Å². The normalized spacial score (nSPS) is 11.0. The first kappa shape index (κ1) is 19.0. The number of hydrogen-bond donors (Lipinski definition) is 1. The quantitative estimate of drug-likeness (QED) is 0.816. The molecule has 0 atom stereocenters. The molecule has 122 valence electrons. The van der Waals surface area contributed by atoms with Gasteiger partial charge in [-0.1, -0.05) is 21.1 Å². The second kappa shape index (κ2) is 8.57. The van der Waals surface area contributed by atoms with E-state index in [0.717, 1.165) is 4.47 Å². The van der Waals surface area contributed by atoms with Gasteiger partial charge < -0.3 is 10.3 Å². The lowest BCUT2D eigenvalue weighted by Crippen LogP contribution is -2.30. The number of aromatic nitrogens is 2. The van der Waals surface area contributed by atoms with Crippen molar-refractivity contribution in [2.75, 3.05) is 0 Å². The van der Waals surface area contributed by atoms with Gasteiger partial charge in [-0.3, -0.25) is 4.90 Å².